The second-order valence-electron chi connectivity index (χ2n) is 12.1. The molecule has 244 valence electrons. The van der Waals surface area contributed by atoms with Gasteiger partial charge in [0.2, 0.25) is 5.91 Å². The Morgan fingerprint density at radius 1 is 1.14 bits per heavy atom. The Balaban J connectivity index is 1.42. The summed E-state index contributed by atoms with van der Waals surface area (Å²) < 4.78 is 29.3. The van der Waals surface area contributed by atoms with E-state index in [0.717, 1.165) is 68.1 Å². The van der Waals surface area contributed by atoms with E-state index in [2.05, 4.69) is 64.9 Å². The molecule has 0 aliphatic carbocycles. The molecule has 4 rings (SSSR count). The van der Waals surface area contributed by atoms with Crippen molar-refractivity contribution in [1.29, 1.82) is 0 Å². The van der Waals surface area contributed by atoms with Gasteiger partial charge in [-0.25, -0.2) is 0 Å². The number of hydrogen-bond donors (Lipinski definition) is 2. The molecule has 2 aliphatic rings. The van der Waals surface area contributed by atoms with Crippen molar-refractivity contribution in [1.82, 2.24) is 10.6 Å². The van der Waals surface area contributed by atoms with E-state index in [1.165, 1.54) is 5.56 Å². The van der Waals surface area contributed by atoms with Crippen molar-refractivity contribution in [2.45, 2.75) is 90.4 Å². The van der Waals surface area contributed by atoms with E-state index >= 15 is 0 Å². The van der Waals surface area contributed by atoms with Gasteiger partial charge >= 0.3 is 0 Å². The van der Waals surface area contributed by atoms with Crippen LogP contribution in [0.25, 0.3) is 0 Å². The highest BCUT2D eigenvalue weighted by atomic mass is 16.5. The molecule has 0 radical (unpaired) electrons. The molecule has 9 nitrogen and oxygen atoms in total. The average molecular weight is 612 g/mol. The first-order valence-electron chi connectivity index (χ1n) is 16.3. The van der Waals surface area contributed by atoms with Gasteiger partial charge in [0.05, 0.1) is 44.3 Å². The van der Waals surface area contributed by atoms with Crippen molar-refractivity contribution in [3.05, 3.63) is 59.2 Å². The molecule has 2 heterocycles. The summed E-state index contributed by atoms with van der Waals surface area (Å²) in [4.78, 5) is 14.0. The minimum absolute atomic E-state index is 0.00670. The van der Waals surface area contributed by atoms with Crippen LogP contribution in [-0.2, 0) is 37.0 Å². The summed E-state index contributed by atoms with van der Waals surface area (Å²) in [6.45, 7) is 14.0. The van der Waals surface area contributed by atoms with Gasteiger partial charge in [-0.3, -0.25) is 4.79 Å². The Morgan fingerprint density at radius 3 is 2.68 bits per heavy atom. The van der Waals surface area contributed by atoms with Gasteiger partial charge in [0.25, 0.3) is 0 Å². The van der Waals surface area contributed by atoms with E-state index < -0.39 is 0 Å². The van der Waals surface area contributed by atoms with Crippen LogP contribution in [0.3, 0.4) is 0 Å². The number of methoxy groups -OCH3 is 1. The lowest BCUT2D eigenvalue weighted by Crippen LogP contribution is -2.49. The van der Waals surface area contributed by atoms with Gasteiger partial charge in [0, 0.05) is 58.3 Å². The van der Waals surface area contributed by atoms with Crippen molar-refractivity contribution >= 4 is 11.6 Å². The number of carbonyl (C=O) groups is 1. The first-order chi connectivity index (χ1) is 21.4. The quantitative estimate of drug-likeness (QED) is 0.247. The summed E-state index contributed by atoms with van der Waals surface area (Å²) in [6, 6.07) is 15.6. The van der Waals surface area contributed by atoms with Crippen molar-refractivity contribution < 1.29 is 28.5 Å². The van der Waals surface area contributed by atoms with Gasteiger partial charge in [0.15, 0.2) is 0 Å². The molecule has 0 unspecified atom stereocenters. The minimum atomic E-state index is 0.00670. The smallest absolute Gasteiger partial charge is 0.217 e. The van der Waals surface area contributed by atoms with E-state index in [1.807, 2.05) is 13.8 Å². The summed E-state index contributed by atoms with van der Waals surface area (Å²) in [5, 5.41) is 6.74. The van der Waals surface area contributed by atoms with Gasteiger partial charge in [-0.05, 0) is 68.9 Å². The number of hydrogen-bond acceptors (Lipinski definition) is 8. The van der Waals surface area contributed by atoms with Crippen LogP contribution in [-0.4, -0.2) is 83.4 Å². The Bertz CT molecular complexity index is 1150. The lowest BCUT2D eigenvalue weighted by molar-refractivity contribution is -0.119. The van der Waals surface area contributed by atoms with Crippen molar-refractivity contribution in [2.24, 2.45) is 0 Å². The van der Waals surface area contributed by atoms with Crippen LogP contribution in [0.5, 0.6) is 5.75 Å². The van der Waals surface area contributed by atoms with Crippen LogP contribution in [0.4, 0.5) is 5.69 Å². The zero-order valence-corrected chi connectivity index (χ0v) is 27.3. The fourth-order valence-electron chi connectivity index (χ4n) is 6.28. The second kappa shape index (κ2) is 17.7. The monoisotopic (exact) mass is 611 g/mol. The number of carbonyl (C=O) groups excluding carboxylic acids is 1. The number of ether oxygens (including phenoxy) is 5. The van der Waals surface area contributed by atoms with Crippen LogP contribution in [0.1, 0.15) is 69.6 Å². The molecular formula is C35H53N3O6. The maximum absolute atomic E-state index is 11.6. The molecular weight excluding hydrogens is 558 g/mol. The predicted octanol–water partition coefficient (Wildman–Crippen LogP) is 4.81. The summed E-state index contributed by atoms with van der Waals surface area (Å²) in [6.07, 6.45) is 2.88. The molecule has 1 saturated heterocycles. The second-order valence-corrected chi connectivity index (χ2v) is 12.1. The molecule has 0 spiro atoms. The van der Waals surface area contributed by atoms with E-state index in [4.69, 9.17) is 23.7 Å². The Hall–Kier alpha value is -2.69. The molecule has 2 aromatic rings. The molecule has 2 N–H and O–H groups in total. The van der Waals surface area contributed by atoms with E-state index in [1.54, 1.807) is 14.0 Å². The van der Waals surface area contributed by atoms with E-state index in [-0.39, 0.29) is 36.1 Å². The lowest BCUT2D eigenvalue weighted by atomic mass is 9.82. The summed E-state index contributed by atoms with van der Waals surface area (Å²) in [7, 11) is 1.75. The van der Waals surface area contributed by atoms with Crippen molar-refractivity contribution in [2.75, 3.05) is 58.1 Å². The Labute approximate surface area is 263 Å². The highest BCUT2D eigenvalue weighted by Gasteiger charge is 2.33. The predicted molar refractivity (Wildman–Crippen MR) is 173 cm³/mol. The van der Waals surface area contributed by atoms with Gasteiger partial charge in [0.1, 0.15) is 12.4 Å². The SMILES string of the molecule is CCO[C@H](C)COCc1ccc([C@H]2C[C@@H](C[C@H](C)NC(C)=O)NC[C@@H]2OCc2ccc3c(c2)N(CCCOC)CCO3)cc1. The van der Waals surface area contributed by atoms with Gasteiger partial charge < -0.3 is 39.2 Å². The third-order valence-electron chi connectivity index (χ3n) is 8.39. The van der Waals surface area contributed by atoms with Gasteiger partial charge in [-0.1, -0.05) is 30.3 Å². The molecule has 0 aromatic heterocycles. The van der Waals surface area contributed by atoms with E-state index in [9.17, 15) is 4.79 Å². The zero-order chi connectivity index (χ0) is 31.3. The van der Waals surface area contributed by atoms with Crippen LogP contribution in [0.2, 0.25) is 0 Å². The number of fused-ring (bicyclic) bond motifs is 1. The van der Waals surface area contributed by atoms with Crippen LogP contribution < -0.4 is 20.3 Å². The lowest BCUT2D eigenvalue weighted by Gasteiger charge is -2.38. The average Bonchev–Trinajstić information content (AvgIpc) is 3.00. The molecule has 5 atom stereocenters. The number of anilines is 1. The third-order valence-corrected chi connectivity index (χ3v) is 8.39. The Kier molecular flexibility index (Phi) is 13.8. The molecule has 2 aliphatic heterocycles. The minimum Gasteiger partial charge on any atom is -0.490 e. The molecule has 0 saturated carbocycles. The molecule has 9 heteroatoms. The number of amides is 1. The third kappa shape index (κ3) is 10.4. The molecule has 2 aromatic carbocycles. The number of nitrogens with zero attached hydrogens (tertiary/aromatic N) is 1. The summed E-state index contributed by atoms with van der Waals surface area (Å²) in [5.74, 6) is 1.17. The van der Waals surface area contributed by atoms with Crippen LogP contribution in [0.15, 0.2) is 42.5 Å². The highest BCUT2D eigenvalue weighted by Crippen LogP contribution is 2.35. The van der Waals surface area contributed by atoms with Gasteiger partial charge in [-0.2, -0.15) is 0 Å². The Morgan fingerprint density at radius 2 is 1.93 bits per heavy atom. The van der Waals surface area contributed by atoms with Crippen molar-refractivity contribution in [3.8, 4) is 5.75 Å². The maximum Gasteiger partial charge on any atom is 0.217 e. The molecule has 0 bridgehead atoms. The first-order valence-corrected chi connectivity index (χ1v) is 16.3. The maximum atomic E-state index is 11.6. The van der Waals surface area contributed by atoms with Crippen LogP contribution >= 0.6 is 0 Å². The normalized spacial score (nSPS) is 21.3. The topological polar surface area (TPSA) is 90.5 Å². The highest BCUT2D eigenvalue weighted by molar-refractivity contribution is 5.73. The standard InChI is InChI=1S/C35H53N3O6/c1-6-42-26(3)22-41-23-28-8-11-30(12-9-28)32-20-31(18-25(2)37-27(4)39)36-21-35(32)44-24-29-10-13-34-33(19-29)38(15-17-43-34)14-7-16-40-5/h8-13,19,25-26,31-32,35-36H,6-7,14-18,20-24H2,1-5H3,(H,37,39)/t25-,26+,31+,32+,35-/m0/s1. The molecule has 1 fully saturated rings. The number of piperidine rings is 1. The van der Waals surface area contributed by atoms with Gasteiger partial charge in [-0.15, -0.1) is 0 Å². The van der Waals surface area contributed by atoms with Crippen molar-refractivity contribution in [3.63, 3.8) is 0 Å². The number of benzene rings is 2. The fraction of sp³-hybridized carbons (Fsp3) is 0.629. The zero-order valence-electron chi connectivity index (χ0n) is 27.3. The first kappa shape index (κ1) is 34.2. The van der Waals surface area contributed by atoms with Crippen LogP contribution in [0, 0.1) is 0 Å². The van der Waals surface area contributed by atoms with E-state index in [0.29, 0.717) is 33.0 Å². The number of nitrogens with one attached hydrogen (secondary N) is 2. The summed E-state index contributed by atoms with van der Waals surface area (Å²) >= 11 is 0. The largest absolute Gasteiger partial charge is 0.490 e. The molecule has 44 heavy (non-hydrogen) atoms. The fourth-order valence-corrected chi connectivity index (χ4v) is 6.28. The molecule has 1 amide bonds. The number of rotatable bonds is 17. The summed E-state index contributed by atoms with van der Waals surface area (Å²) in [5.41, 5.74) is 4.68.